The van der Waals surface area contributed by atoms with E-state index in [1.54, 1.807) is 0 Å². The van der Waals surface area contributed by atoms with Gasteiger partial charge in [0.05, 0.1) is 5.41 Å². The van der Waals surface area contributed by atoms with Crippen LogP contribution >= 0.6 is 0 Å². The summed E-state index contributed by atoms with van der Waals surface area (Å²) in [6, 6.07) is 61.5. The maximum absolute atomic E-state index is 5.20. The van der Waals surface area contributed by atoms with E-state index < -0.39 is 5.41 Å². The molecule has 0 saturated heterocycles. The van der Waals surface area contributed by atoms with Crippen molar-refractivity contribution in [3.8, 4) is 44.5 Å². The Bertz CT molecular complexity index is 2480. The fraction of sp³-hybridized carbons (Fsp3) is 0.0612. The van der Waals surface area contributed by atoms with E-state index in [1.165, 1.54) is 44.5 Å². The van der Waals surface area contributed by atoms with Gasteiger partial charge in [0.2, 0.25) is 0 Å². The van der Waals surface area contributed by atoms with Crippen LogP contribution in [-0.4, -0.2) is 17.8 Å². The molecule has 1 atom stereocenters. The minimum Gasteiger partial charge on any atom is -0.324 e. The molecule has 0 radical (unpaired) electrons. The molecule has 3 nitrogen and oxygen atoms in total. The number of rotatable bonds is 6. The number of aliphatic imine (C=N–C) groups is 2. The van der Waals surface area contributed by atoms with Crippen molar-refractivity contribution in [3.05, 3.63) is 216 Å². The molecule has 0 amide bonds. The summed E-state index contributed by atoms with van der Waals surface area (Å²) < 4.78 is 0. The lowest BCUT2D eigenvalue weighted by Crippen LogP contribution is -2.38. The van der Waals surface area contributed by atoms with Gasteiger partial charge in [-0.2, -0.15) is 0 Å². The minimum atomic E-state index is -0.420. The maximum Gasteiger partial charge on any atom is 0.147 e. The first-order valence-electron chi connectivity index (χ1n) is 18.0. The van der Waals surface area contributed by atoms with E-state index in [2.05, 4.69) is 182 Å². The van der Waals surface area contributed by atoms with Crippen LogP contribution in [0.3, 0.4) is 0 Å². The first-order chi connectivity index (χ1) is 25.7. The Morgan fingerprint density at radius 2 is 0.885 bits per heavy atom. The molecule has 7 aromatic carbocycles. The molecule has 1 unspecified atom stereocenters. The van der Waals surface area contributed by atoms with Crippen molar-refractivity contribution in [1.29, 1.82) is 0 Å². The molecule has 1 aliphatic heterocycles. The Kier molecular flexibility index (Phi) is 7.00. The van der Waals surface area contributed by atoms with Gasteiger partial charge in [-0.3, -0.25) is 0 Å². The lowest BCUT2D eigenvalue weighted by Gasteiger charge is -2.31. The van der Waals surface area contributed by atoms with E-state index in [9.17, 15) is 0 Å². The van der Waals surface area contributed by atoms with Crippen LogP contribution in [0.1, 0.15) is 39.8 Å². The summed E-state index contributed by atoms with van der Waals surface area (Å²) in [4.78, 5) is 10.4. The summed E-state index contributed by atoms with van der Waals surface area (Å²) in [5, 5.41) is 3.73. The second-order valence-electron chi connectivity index (χ2n) is 13.8. The average Bonchev–Trinajstić information content (AvgIpc) is 3.68. The highest BCUT2D eigenvalue weighted by Crippen LogP contribution is 2.62. The van der Waals surface area contributed by atoms with E-state index in [-0.39, 0.29) is 6.17 Å². The van der Waals surface area contributed by atoms with E-state index in [0.717, 1.165) is 45.1 Å². The van der Waals surface area contributed by atoms with Crippen molar-refractivity contribution in [2.24, 2.45) is 9.98 Å². The molecule has 3 heteroatoms. The number of nitrogens with one attached hydrogen (secondary N) is 1. The van der Waals surface area contributed by atoms with E-state index in [0.29, 0.717) is 6.42 Å². The van der Waals surface area contributed by atoms with E-state index in [4.69, 9.17) is 9.98 Å². The predicted molar refractivity (Wildman–Crippen MR) is 215 cm³/mol. The highest BCUT2D eigenvalue weighted by molar-refractivity contribution is 6.17. The molecule has 1 N–H and O–H groups in total. The Hall–Kier alpha value is -6.58. The third-order valence-corrected chi connectivity index (χ3v) is 10.9. The molecule has 1 spiro atoms. The molecular formula is C49H35N3. The molecule has 10 rings (SSSR count). The van der Waals surface area contributed by atoms with Gasteiger partial charge < -0.3 is 5.32 Å². The summed E-state index contributed by atoms with van der Waals surface area (Å²) in [5.74, 6) is 1.62. The zero-order valence-electron chi connectivity index (χ0n) is 28.6. The zero-order valence-corrected chi connectivity index (χ0v) is 28.6. The van der Waals surface area contributed by atoms with Crippen LogP contribution in [0.25, 0.3) is 44.5 Å². The van der Waals surface area contributed by atoms with Crippen molar-refractivity contribution >= 4 is 11.7 Å². The molecule has 3 aliphatic rings. The topological polar surface area (TPSA) is 36.8 Å². The standard InChI is InChI=1S/C49H35N3/c1-2-15-46-50-47(52-48(51-46)37-29-35(32-16-5-3-6-17-32)28-36(30-37)33-18-7-4-8-19-33)34-26-27-41-40-22-11-14-25-44(40)49(45(41)31-34)42-23-12-9-20-38(42)39-21-10-13-24-43(39)49/h2-14,16-31,46H,1,15H2,(H,50,51,52). The van der Waals surface area contributed by atoms with Crippen molar-refractivity contribution in [1.82, 2.24) is 5.32 Å². The van der Waals surface area contributed by atoms with Crippen LogP contribution in [0.15, 0.2) is 192 Å². The average molecular weight is 666 g/mol. The lowest BCUT2D eigenvalue weighted by molar-refractivity contribution is 0.709. The third-order valence-electron chi connectivity index (χ3n) is 10.9. The molecule has 52 heavy (non-hydrogen) atoms. The van der Waals surface area contributed by atoms with Gasteiger partial charge >= 0.3 is 0 Å². The zero-order chi connectivity index (χ0) is 34.6. The van der Waals surface area contributed by atoms with Crippen molar-refractivity contribution in [3.63, 3.8) is 0 Å². The second-order valence-corrected chi connectivity index (χ2v) is 13.8. The number of hydrogen-bond donors (Lipinski definition) is 1. The third kappa shape index (κ3) is 4.59. The Balaban J connectivity index is 1.13. The first-order valence-corrected chi connectivity index (χ1v) is 18.0. The van der Waals surface area contributed by atoms with Gasteiger partial charge in [-0.1, -0.05) is 152 Å². The first kappa shape index (κ1) is 30.3. The lowest BCUT2D eigenvalue weighted by atomic mass is 9.70. The van der Waals surface area contributed by atoms with Crippen LogP contribution in [0.5, 0.6) is 0 Å². The largest absolute Gasteiger partial charge is 0.324 e. The molecule has 0 bridgehead atoms. The molecule has 0 saturated carbocycles. The van der Waals surface area contributed by atoms with Crippen LogP contribution in [0.2, 0.25) is 0 Å². The van der Waals surface area contributed by atoms with E-state index >= 15 is 0 Å². The van der Waals surface area contributed by atoms with Crippen LogP contribution in [0, 0.1) is 0 Å². The van der Waals surface area contributed by atoms with Gasteiger partial charge in [-0.15, -0.1) is 6.58 Å². The monoisotopic (exact) mass is 665 g/mol. The van der Waals surface area contributed by atoms with Gasteiger partial charge in [0.25, 0.3) is 0 Å². The van der Waals surface area contributed by atoms with Gasteiger partial charge in [-0.05, 0) is 91.0 Å². The number of benzene rings is 7. The molecule has 2 aliphatic carbocycles. The Morgan fingerprint density at radius 3 is 1.40 bits per heavy atom. The molecule has 0 aromatic heterocycles. The predicted octanol–water partition coefficient (Wildman–Crippen LogP) is 11.1. The van der Waals surface area contributed by atoms with Crippen molar-refractivity contribution < 1.29 is 0 Å². The van der Waals surface area contributed by atoms with E-state index in [1.807, 2.05) is 6.08 Å². The van der Waals surface area contributed by atoms with Crippen LogP contribution in [-0.2, 0) is 5.41 Å². The fourth-order valence-corrected chi connectivity index (χ4v) is 8.65. The quantitative estimate of drug-likeness (QED) is 0.176. The second kappa shape index (κ2) is 12.0. The van der Waals surface area contributed by atoms with Crippen LogP contribution in [0.4, 0.5) is 0 Å². The summed E-state index contributed by atoms with van der Waals surface area (Å²) in [6.07, 6.45) is 2.26. The van der Waals surface area contributed by atoms with Gasteiger partial charge in [-0.25, -0.2) is 9.98 Å². The molecule has 1 heterocycles. The summed E-state index contributed by atoms with van der Waals surface area (Å²) >= 11 is 0. The molecule has 246 valence electrons. The minimum absolute atomic E-state index is 0.295. The number of hydrogen-bond acceptors (Lipinski definition) is 3. The number of nitrogens with zero attached hydrogens (tertiary/aromatic N) is 2. The van der Waals surface area contributed by atoms with Gasteiger partial charge in [0.15, 0.2) is 0 Å². The summed E-state index contributed by atoms with van der Waals surface area (Å²) in [6.45, 7) is 4.06. The maximum atomic E-state index is 5.20. The normalized spacial score (nSPS) is 15.8. The van der Waals surface area contributed by atoms with Gasteiger partial charge in [0, 0.05) is 17.5 Å². The summed E-state index contributed by atoms with van der Waals surface area (Å²) in [7, 11) is 0. The number of fused-ring (bicyclic) bond motifs is 10. The highest BCUT2D eigenvalue weighted by Gasteiger charge is 2.51. The summed E-state index contributed by atoms with van der Waals surface area (Å²) in [5.41, 5.74) is 16.7. The Morgan fingerprint density at radius 1 is 0.442 bits per heavy atom. The molecular weight excluding hydrogens is 631 g/mol. The van der Waals surface area contributed by atoms with Crippen molar-refractivity contribution in [2.75, 3.05) is 0 Å². The molecule has 0 fully saturated rings. The fourth-order valence-electron chi connectivity index (χ4n) is 8.65. The highest BCUT2D eigenvalue weighted by atomic mass is 15.2. The molecule has 7 aromatic rings. The Labute approximate surface area is 304 Å². The smallest absolute Gasteiger partial charge is 0.147 e. The van der Waals surface area contributed by atoms with Crippen LogP contribution < -0.4 is 5.32 Å². The van der Waals surface area contributed by atoms with Crippen molar-refractivity contribution in [2.45, 2.75) is 18.0 Å². The number of amidine groups is 2. The SMILES string of the molecule is C=CCC1N=C(c2cc(-c3ccccc3)cc(-c3ccccc3)c2)NC(c2ccc3c(c2)C2(c4ccccc4-c4ccccc42)c2ccccc2-3)=N1. The van der Waals surface area contributed by atoms with Gasteiger partial charge in [0.1, 0.15) is 17.8 Å².